The number of amides is 2. The van der Waals surface area contributed by atoms with Crippen LogP contribution in [0.25, 0.3) is 0 Å². The second kappa shape index (κ2) is 9.18. The van der Waals surface area contributed by atoms with Crippen molar-refractivity contribution in [3.8, 4) is 0 Å². The molecule has 0 spiro atoms. The van der Waals surface area contributed by atoms with Crippen molar-refractivity contribution in [2.24, 2.45) is 0 Å². The highest BCUT2D eigenvalue weighted by Crippen LogP contribution is 2.15. The molecule has 2 amide bonds. The van der Waals surface area contributed by atoms with E-state index in [0.29, 0.717) is 31.6 Å². The van der Waals surface area contributed by atoms with E-state index >= 15 is 0 Å². The zero-order chi connectivity index (χ0) is 19.2. The summed E-state index contributed by atoms with van der Waals surface area (Å²) in [6.45, 7) is 4.66. The molecular formula is C22H25BrN2O2. The minimum absolute atomic E-state index is 0.0326. The maximum absolute atomic E-state index is 12.7. The van der Waals surface area contributed by atoms with Gasteiger partial charge in [-0.3, -0.25) is 9.59 Å². The molecule has 27 heavy (non-hydrogen) atoms. The van der Waals surface area contributed by atoms with Gasteiger partial charge in [0, 0.05) is 42.6 Å². The number of hydrogen-bond acceptors (Lipinski definition) is 2. The van der Waals surface area contributed by atoms with Gasteiger partial charge in [0.05, 0.1) is 0 Å². The van der Waals surface area contributed by atoms with Gasteiger partial charge in [-0.1, -0.05) is 51.8 Å². The van der Waals surface area contributed by atoms with Crippen molar-refractivity contribution in [2.75, 3.05) is 26.2 Å². The van der Waals surface area contributed by atoms with Crippen LogP contribution in [0.1, 0.15) is 34.3 Å². The molecule has 0 N–H and O–H groups in total. The number of nitrogens with zero attached hydrogens (tertiary/aromatic N) is 2. The Bertz CT molecular complexity index is 804. The first-order valence-corrected chi connectivity index (χ1v) is 10.2. The summed E-state index contributed by atoms with van der Waals surface area (Å²) in [6, 6.07) is 15.8. The van der Waals surface area contributed by atoms with Gasteiger partial charge >= 0.3 is 0 Å². The second-order valence-electron chi connectivity index (χ2n) is 7.02. The van der Waals surface area contributed by atoms with Crippen LogP contribution in [0, 0.1) is 6.92 Å². The maximum atomic E-state index is 12.7. The third-order valence-electron chi connectivity index (χ3n) is 4.96. The van der Waals surface area contributed by atoms with Crippen molar-refractivity contribution in [3.63, 3.8) is 0 Å². The van der Waals surface area contributed by atoms with Gasteiger partial charge in [-0.25, -0.2) is 0 Å². The van der Waals surface area contributed by atoms with E-state index < -0.39 is 0 Å². The van der Waals surface area contributed by atoms with Crippen molar-refractivity contribution in [1.82, 2.24) is 9.80 Å². The maximum Gasteiger partial charge on any atom is 0.253 e. The lowest BCUT2D eigenvalue weighted by molar-refractivity contribution is -0.131. The molecule has 0 bridgehead atoms. The van der Waals surface area contributed by atoms with Crippen molar-refractivity contribution in [3.05, 3.63) is 69.7 Å². The highest BCUT2D eigenvalue weighted by atomic mass is 79.9. The number of hydrogen-bond donors (Lipinski definition) is 0. The molecule has 0 aliphatic carbocycles. The number of benzene rings is 2. The Labute approximate surface area is 169 Å². The first-order valence-electron chi connectivity index (χ1n) is 9.41. The lowest BCUT2D eigenvalue weighted by Crippen LogP contribution is -2.37. The molecule has 0 saturated carbocycles. The van der Waals surface area contributed by atoms with Gasteiger partial charge in [0.25, 0.3) is 5.91 Å². The first-order chi connectivity index (χ1) is 13.0. The smallest absolute Gasteiger partial charge is 0.253 e. The SMILES string of the molecule is Cc1ccc(CCC(=O)N2CCCN(C(=O)c3cccc(Br)c3)CC2)cc1. The number of carbonyl (C=O) groups excluding carboxylic acids is 2. The van der Waals surface area contributed by atoms with Gasteiger partial charge in [-0.2, -0.15) is 0 Å². The van der Waals surface area contributed by atoms with Crippen molar-refractivity contribution >= 4 is 27.7 Å². The lowest BCUT2D eigenvalue weighted by atomic mass is 10.1. The fraction of sp³-hybridized carbons (Fsp3) is 0.364. The molecule has 1 fully saturated rings. The van der Waals surface area contributed by atoms with Gasteiger partial charge in [0.15, 0.2) is 0 Å². The largest absolute Gasteiger partial charge is 0.341 e. The monoisotopic (exact) mass is 428 g/mol. The summed E-state index contributed by atoms with van der Waals surface area (Å²) in [5, 5.41) is 0. The van der Waals surface area contributed by atoms with Crippen LogP contribution in [0.4, 0.5) is 0 Å². The van der Waals surface area contributed by atoms with Crippen LogP contribution < -0.4 is 0 Å². The number of rotatable bonds is 4. The lowest BCUT2D eigenvalue weighted by Gasteiger charge is -2.22. The minimum Gasteiger partial charge on any atom is -0.341 e. The molecule has 1 aliphatic heterocycles. The molecule has 4 nitrogen and oxygen atoms in total. The van der Waals surface area contributed by atoms with Crippen molar-refractivity contribution in [1.29, 1.82) is 0 Å². The molecule has 0 atom stereocenters. The molecule has 2 aromatic rings. The molecule has 1 aliphatic rings. The van der Waals surface area contributed by atoms with E-state index in [1.807, 2.05) is 34.1 Å². The predicted octanol–water partition coefficient (Wildman–Crippen LogP) is 4.06. The van der Waals surface area contributed by atoms with Crippen molar-refractivity contribution in [2.45, 2.75) is 26.2 Å². The molecular weight excluding hydrogens is 404 g/mol. The Hall–Kier alpha value is -2.14. The minimum atomic E-state index is 0.0326. The van der Waals surface area contributed by atoms with Crippen molar-refractivity contribution < 1.29 is 9.59 Å². The Morgan fingerprint density at radius 2 is 1.67 bits per heavy atom. The van der Waals surface area contributed by atoms with E-state index in [4.69, 9.17) is 0 Å². The van der Waals surface area contributed by atoms with E-state index in [9.17, 15) is 9.59 Å². The summed E-state index contributed by atoms with van der Waals surface area (Å²) in [5.41, 5.74) is 3.10. The van der Waals surface area contributed by atoms with Crippen LogP contribution in [0.2, 0.25) is 0 Å². The van der Waals surface area contributed by atoms with Crippen LogP contribution in [0.3, 0.4) is 0 Å². The molecule has 5 heteroatoms. The number of halogens is 1. The molecule has 1 heterocycles. The topological polar surface area (TPSA) is 40.6 Å². The molecule has 0 unspecified atom stereocenters. The Morgan fingerprint density at radius 3 is 2.41 bits per heavy atom. The Morgan fingerprint density at radius 1 is 0.963 bits per heavy atom. The van der Waals surface area contributed by atoms with Gasteiger partial charge in [-0.15, -0.1) is 0 Å². The highest BCUT2D eigenvalue weighted by molar-refractivity contribution is 9.10. The fourth-order valence-corrected chi connectivity index (χ4v) is 3.74. The Balaban J connectivity index is 1.53. The summed E-state index contributed by atoms with van der Waals surface area (Å²) in [7, 11) is 0. The number of aryl methyl sites for hydroxylation is 2. The van der Waals surface area contributed by atoms with E-state index in [-0.39, 0.29) is 11.8 Å². The summed E-state index contributed by atoms with van der Waals surface area (Å²) in [6.07, 6.45) is 2.09. The predicted molar refractivity (Wildman–Crippen MR) is 111 cm³/mol. The summed E-state index contributed by atoms with van der Waals surface area (Å²) in [4.78, 5) is 29.1. The quantitative estimate of drug-likeness (QED) is 0.736. The van der Waals surface area contributed by atoms with Crippen LogP contribution >= 0.6 is 15.9 Å². The highest BCUT2D eigenvalue weighted by Gasteiger charge is 2.22. The van der Waals surface area contributed by atoms with Gasteiger partial charge in [0.2, 0.25) is 5.91 Å². The average molecular weight is 429 g/mol. The van der Waals surface area contributed by atoms with Gasteiger partial charge < -0.3 is 9.80 Å². The molecule has 2 aromatic carbocycles. The Kier molecular flexibility index (Phi) is 6.67. The standard InChI is InChI=1S/C22H25BrN2O2/c1-17-6-8-18(9-7-17)10-11-21(26)24-12-3-13-25(15-14-24)22(27)19-4-2-5-20(23)16-19/h2,4-9,16H,3,10-15H2,1H3. The molecule has 0 aromatic heterocycles. The number of carbonyl (C=O) groups is 2. The van der Waals surface area contributed by atoms with Crippen LogP contribution in [0.5, 0.6) is 0 Å². The van der Waals surface area contributed by atoms with Crippen LogP contribution in [0.15, 0.2) is 53.0 Å². The summed E-state index contributed by atoms with van der Waals surface area (Å²) < 4.78 is 0.899. The zero-order valence-electron chi connectivity index (χ0n) is 15.7. The van der Waals surface area contributed by atoms with Crippen LogP contribution in [-0.4, -0.2) is 47.8 Å². The first kappa shape index (κ1) is 19.6. The van der Waals surface area contributed by atoms with E-state index in [1.54, 1.807) is 0 Å². The zero-order valence-corrected chi connectivity index (χ0v) is 17.2. The van der Waals surface area contributed by atoms with E-state index in [2.05, 4.69) is 47.1 Å². The molecule has 142 valence electrons. The summed E-state index contributed by atoms with van der Waals surface area (Å²) >= 11 is 3.42. The molecule has 3 rings (SSSR count). The summed E-state index contributed by atoms with van der Waals surface area (Å²) in [5.74, 6) is 0.206. The van der Waals surface area contributed by atoms with Gasteiger partial charge in [0.1, 0.15) is 0 Å². The normalized spacial score (nSPS) is 14.7. The molecule has 0 radical (unpaired) electrons. The average Bonchev–Trinajstić information content (AvgIpc) is 2.93. The van der Waals surface area contributed by atoms with Crippen LogP contribution in [-0.2, 0) is 11.2 Å². The van der Waals surface area contributed by atoms with E-state index in [0.717, 1.165) is 23.9 Å². The van der Waals surface area contributed by atoms with E-state index in [1.165, 1.54) is 11.1 Å². The second-order valence-corrected chi connectivity index (χ2v) is 7.94. The molecule has 1 saturated heterocycles. The fourth-order valence-electron chi connectivity index (χ4n) is 3.34. The third kappa shape index (κ3) is 5.42. The van der Waals surface area contributed by atoms with Gasteiger partial charge in [-0.05, 0) is 43.5 Å². The third-order valence-corrected chi connectivity index (χ3v) is 5.45.